The van der Waals surface area contributed by atoms with Gasteiger partial charge in [0.05, 0.1) is 13.2 Å². The molecule has 6 heteroatoms. The molecule has 5 nitrogen and oxygen atoms in total. The standard InChI is InChI=1S/C12H27O5P.C4H8/c1-2-3-4-5-6-7-8-9-10-16-11-12-17-18(13,14)15;1-4(2)3/h2-12H2,1H3,(H2,13,14,15);1H2,2-3H3. The van der Waals surface area contributed by atoms with Gasteiger partial charge in [-0.15, -0.1) is 6.58 Å². The highest BCUT2D eigenvalue weighted by Crippen LogP contribution is 2.35. The Morgan fingerprint density at radius 3 is 1.82 bits per heavy atom. The van der Waals surface area contributed by atoms with E-state index >= 15 is 0 Å². The lowest BCUT2D eigenvalue weighted by atomic mass is 10.1. The van der Waals surface area contributed by atoms with Crippen LogP contribution >= 0.6 is 7.82 Å². The molecule has 0 spiro atoms. The number of rotatable bonds is 13. The number of ether oxygens (including phenoxy) is 1. The van der Waals surface area contributed by atoms with Gasteiger partial charge in [-0.1, -0.05) is 57.4 Å². The fourth-order valence-corrected chi connectivity index (χ4v) is 1.97. The maximum absolute atomic E-state index is 10.3. The predicted molar refractivity (Wildman–Crippen MR) is 91.9 cm³/mol. The van der Waals surface area contributed by atoms with E-state index in [1.54, 1.807) is 0 Å². The largest absolute Gasteiger partial charge is 0.469 e. The number of phosphoric ester groups is 1. The van der Waals surface area contributed by atoms with E-state index in [1.165, 1.54) is 44.1 Å². The third kappa shape index (κ3) is 32.0. The number of hydrogen-bond donors (Lipinski definition) is 2. The van der Waals surface area contributed by atoms with E-state index < -0.39 is 7.82 Å². The molecule has 0 aromatic heterocycles. The Balaban J connectivity index is 0. The zero-order chi connectivity index (χ0) is 17.3. The lowest BCUT2D eigenvalue weighted by Crippen LogP contribution is -2.04. The summed E-state index contributed by atoms with van der Waals surface area (Å²) in [7, 11) is -4.33. The molecule has 22 heavy (non-hydrogen) atoms. The van der Waals surface area contributed by atoms with E-state index in [9.17, 15) is 4.57 Å². The maximum Gasteiger partial charge on any atom is 0.469 e. The van der Waals surface area contributed by atoms with E-state index in [4.69, 9.17) is 14.5 Å². The van der Waals surface area contributed by atoms with Gasteiger partial charge in [-0.05, 0) is 20.3 Å². The van der Waals surface area contributed by atoms with Crippen molar-refractivity contribution in [1.29, 1.82) is 0 Å². The van der Waals surface area contributed by atoms with Crippen LogP contribution in [-0.4, -0.2) is 29.6 Å². The van der Waals surface area contributed by atoms with Crippen molar-refractivity contribution in [3.63, 3.8) is 0 Å². The average molecular weight is 338 g/mol. The lowest BCUT2D eigenvalue weighted by Gasteiger charge is -2.06. The molecule has 0 atom stereocenters. The van der Waals surface area contributed by atoms with Crippen LogP contribution < -0.4 is 0 Å². The molecule has 0 heterocycles. The second-order valence-electron chi connectivity index (χ2n) is 5.62. The third-order valence-corrected chi connectivity index (χ3v) is 3.15. The van der Waals surface area contributed by atoms with Gasteiger partial charge in [-0.25, -0.2) is 4.57 Å². The van der Waals surface area contributed by atoms with E-state index in [-0.39, 0.29) is 13.2 Å². The Morgan fingerprint density at radius 1 is 0.909 bits per heavy atom. The molecule has 0 amide bonds. The molecule has 0 fully saturated rings. The summed E-state index contributed by atoms with van der Waals surface area (Å²) in [5.74, 6) is 0. The van der Waals surface area contributed by atoms with Crippen LogP contribution in [0.15, 0.2) is 12.2 Å². The average Bonchev–Trinajstić information content (AvgIpc) is 2.38. The second kappa shape index (κ2) is 17.2. The first-order valence-corrected chi connectivity index (χ1v) is 9.72. The van der Waals surface area contributed by atoms with Crippen molar-refractivity contribution >= 4 is 7.82 Å². The van der Waals surface area contributed by atoms with Crippen LogP contribution in [0.25, 0.3) is 0 Å². The Kier molecular flexibility index (Phi) is 18.8. The first-order chi connectivity index (χ1) is 10.3. The summed E-state index contributed by atoms with van der Waals surface area (Å²) >= 11 is 0. The van der Waals surface area contributed by atoms with Gasteiger partial charge in [0.2, 0.25) is 0 Å². The Morgan fingerprint density at radius 2 is 1.36 bits per heavy atom. The van der Waals surface area contributed by atoms with Crippen LogP contribution in [0.5, 0.6) is 0 Å². The first-order valence-electron chi connectivity index (χ1n) is 8.19. The van der Waals surface area contributed by atoms with Crippen LogP contribution in [0, 0.1) is 0 Å². The van der Waals surface area contributed by atoms with Crippen molar-refractivity contribution in [2.75, 3.05) is 19.8 Å². The van der Waals surface area contributed by atoms with Gasteiger partial charge in [-0.3, -0.25) is 4.52 Å². The van der Waals surface area contributed by atoms with Gasteiger partial charge in [0, 0.05) is 6.61 Å². The Labute approximate surface area is 136 Å². The van der Waals surface area contributed by atoms with Crippen molar-refractivity contribution in [1.82, 2.24) is 0 Å². The minimum Gasteiger partial charge on any atom is -0.379 e. The molecule has 0 saturated heterocycles. The minimum atomic E-state index is -4.33. The molecule has 0 aliphatic heterocycles. The van der Waals surface area contributed by atoms with Crippen molar-refractivity contribution in [3.05, 3.63) is 12.2 Å². The van der Waals surface area contributed by atoms with Gasteiger partial charge < -0.3 is 14.5 Å². The molecule has 2 N–H and O–H groups in total. The summed E-state index contributed by atoms with van der Waals surface area (Å²) in [5.41, 5.74) is 1.17. The summed E-state index contributed by atoms with van der Waals surface area (Å²) in [6.07, 6.45) is 9.98. The van der Waals surface area contributed by atoms with Crippen molar-refractivity contribution in [2.24, 2.45) is 0 Å². The van der Waals surface area contributed by atoms with Crippen LogP contribution in [-0.2, 0) is 13.8 Å². The predicted octanol–water partition coefficient (Wildman–Crippen LogP) is 4.84. The SMILES string of the molecule is C=C(C)C.CCCCCCCCCCOCCOP(=O)(O)O. The van der Waals surface area contributed by atoms with Gasteiger partial charge >= 0.3 is 7.82 Å². The topological polar surface area (TPSA) is 76.0 Å². The van der Waals surface area contributed by atoms with Gasteiger partial charge in [-0.2, -0.15) is 0 Å². The first kappa shape index (κ1) is 24.1. The summed E-state index contributed by atoms with van der Waals surface area (Å²) < 4.78 is 19.8. The quantitative estimate of drug-likeness (QED) is 0.286. The zero-order valence-electron chi connectivity index (χ0n) is 14.6. The van der Waals surface area contributed by atoms with E-state index in [0.717, 1.165) is 12.8 Å². The molecule has 0 radical (unpaired) electrons. The van der Waals surface area contributed by atoms with Crippen LogP contribution in [0.2, 0.25) is 0 Å². The number of phosphoric acid groups is 1. The number of allylic oxidation sites excluding steroid dienone is 1. The summed E-state index contributed by atoms with van der Waals surface area (Å²) in [6, 6.07) is 0. The van der Waals surface area contributed by atoms with E-state index in [0.29, 0.717) is 6.61 Å². The maximum atomic E-state index is 10.3. The van der Waals surface area contributed by atoms with Crippen molar-refractivity contribution < 1.29 is 23.6 Å². The van der Waals surface area contributed by atoms with E-state index in [1.807, 2.05) is 13.8 Å². The van der Waals surface area contributed by atoms with Gasteiger partial charge in [0.25, 0.3) is 0 Å². The highest BCUT2D eigenvalue weighted by atomic mass is 31.2. The van der Waals surface area contributed by atoms with Crippen LogP contribution in [0.3, 0.4) is 0 Å². The fraction of sp³-hybridized carbons (Fsp3) is 0.875. The number of unbranched alkanes of at least 4 members (excludes halogenated alkanes) is 7. The molecule has 0 aromatic rings. The highest BCUT2D eigenvalue weighted by Gasteiger charge is 2.12. The molecule has 134 valence electrons. The zero-order valence-corrected chi connectivity index (χ0v) is 15.4. The van der Waals surface area contributed by atoms with Crippen LogP contribution in [0.4, 0.5) is 0 Å². The third-order valence-electron chi connectivity index (χ3n) is 2.63. The molecular weight excluding hydrogens is 303 g/mol. The van der Waals surface area contributed by atoms with Crippen molar-refractivity contribution in [2.45, 2.75) is 72.1 Å². The fourth-order valence-electron chi connectivity index (χ4n) is 1.66. The summed E-state index contributed by atoms with van der Waals surface area (Å²) in [6.45, 7) is 10.5. The summed E-state index contributed by atoms with van der Waals surface area (Å²) in [4.78, 5) is 16.8. The highest BCUT2D eigenvalue weighted by molar-refractivity contribution is 7.46. The molecule has 0 saturated carbocycles. The normalized spacial score (nSPS) is 11.0. The smallest absolute Gasteiger partial charge is 0.379 e. The number of hydrogen-bond acceptors (Lipinski definition) is 3. The molecule has 0 unspecified atom stereocenters. The van der Waals surface area contributed by atoms with Gasteiger partial charge in [0.1, 0.15) is 0 Å². The van der Waals surface area contributed by atoms with Gasteiger partial charge in [0.15, 0.2) is 0 Å². The molecule has 0 aliphatic rings. The molecule has 0 aliphatic carbocycles. The minimum absolute atomic E-state index is 0.0543. The monoisotopic (exact) mass is 338 g/mol. The Bertz CT molecular complexity index is 284. The second-order valence-corrected chi connectivity index (χ2v) is 6.86. The molecular formula is C16H35O5P. The van der Waals surface area contributed by atoms with Crippen molar-refractivity contribution in [3.8, 4) is 0 Å². The molecule has 0 rings (SSSR count). The van der Waals surface area contributed by atoms with E-state index in [2.05, 4.69) is 18.0 Å². The molecule has 0 bridgehead atoms. The summed E-state index contributed by atoms with van der Waals surface area (Å²) in [5, 5.41) is 0. The van der Waals surface area contributed by atoms with Crippen LogP contribution in [0.1, 0.15) is 72.1 Å². The molecule has 0 aromatic carbocycles. The lowest BCUT2D eigenvalue weighted by molar-refractivity contribution is 0.0831. The Hall–Kier alpha value is -0.190.